The largest absolute Gasteiger partial charge is 0.350 e. The summed E-state index contributed by atoms with van der Waals surface area (Å²) in [4.78, 5) is 15.5. The molecule has 0 aliphatic carbocycles. The lowest BCUT2D eigenvalue weighted by atomic mass is 10.2. The van der Waals surface area contributed by atoms with Crippen LogP contribution in [0.2, 0.25) is 0 Å². The molecule has 0 saturated heterocycles. The Balaban J connectivity index is 1.74. The number of carbonyl (C=O) groups is 1. The van der Waals surface area contributed by atoms with Crippen LogP contribution >= 0.6 is 23.1 Å². The van der Waals surface area contributed by atoms with Gasteiger partial charge >= 0.3 is 0 Å². The van der Waals surface area contributed by atoms with Crippen LogP contribution < -0.4 is 5.32 Å². The van der Waals surface area contributed by atoms with Crippen LogP contribution in [0.1, 0.15) is 22.2 Å². The van der Waals surface area contributed by atoms with E-state index in [1.165, 1.54) is 15.3 Å². The molecule has 1 aromatic carbocycles. The van der Waals surface area contributed by atoms with E-state index in [1.807, 2.05) is 0 Å². The first kappa shape index (κ1) is 15.1. The SMILES string of the molecule is CCc1ccc(CNC(=O)CSc2ccc(C)cc2)s1. The molecule has 20 heavy (non-hydrogen) atoms. The number of amides is 1. The third-order valence-electron chi connectivity index (χ3n) is 2.92. The van der Waals surface area contributed by atoms with Crippen molar-refractivity contribution in [3.8, 4) is 0 Å². The lowest BCUT2D eigenvalue weighted by molar-refractivity contribution is -0.118. The summed E-state index contributed by atoms with van der Waals surface area (Å²) in [7, 11) is 0. The van der Waals surface area contributed by atoms with Gasteiger partial charge in [-0.15, -0.1) is 23.1 Å². The van der Waals surface area contributed by atoms with E-state index in [2.05, 4.69) is 55.6 Å². The average Bonchev–Trinajstić information content (AvgIpc) is 2.92. The minimum absolute atomic E-state index is 0.0852. The van der Waals surface area contributed by atoms with Crippen molar-refractivity contribution in [2.24, 2.45) is 0 Å². The molecule has 2 nitrogen and oxygen atoms in total. The van der Waals surface area contributed by atoms with Gasteiger partial charge in [-0.1, -0.05) is 24.6 Å². The predicted octanol–water partition coefficient (Wildman–Crippen LogP) is 4.03. The van der Waals surface area contributed by atoms with Crippen molar-refractivity contribution in [2.75, 3.05) is 5.75 Å². The van der Waals surface area contributed by atoms with Crippen molar-refractivity contribution in [3.63, 3.8) is 0 Å². The molecule has 1 amide bonds. The maximum absolute atomic E-state index is 11.8. The normalized spacial score (nSPS) is 10.5. The summed E-state index contributed by atoms with van der Waals surface area (Å²) >= 11 is 3.34. The summed E-state index contributed by atoms with van der Waals surface area (Å²) in [6.07, 6.45) is 1.06. The molecule has 4 heteroatoms. The van der Waals surface area contributed by atoms with Gasteiger partial charge in [-0.25, -0.2) is 0 Å². The van der Waals surface area contributed by atoms with E-state index < -0.39 is 0 Å². The van der Waals surface area contributed by atoms with Crippen LogP contribution in [0.25, 0.3) is 0 Å². The number of hydrogen-bond acceptors (Lipinski definition) is 3. The zero-order valence-corrected chi connectivity index (χ0v) is 13.4. The quantitative estimate of drug-likeness (QED) is 0.817. The van der Waals surface area contributed by atoms with Crippen LogP contribution in [0.4, 0.5) is 0 Å². The Bertz CT molecular complexity index is 560. The molecule has 1 N–H and O–H groups in total. The van der Waals surface area contributed by atoms with E-state index in [-0.39, 0.29) is 5.91 Å². The highest BCUT2D eigenvalue weighted by Gasteiger charge is 2.04. The topological polar surface area (TPSA) is 29.1 Å². The number of benzene rings is 1. The number of rotatable bonds is 6. The van der Waals surface area contributed by atoms with Gasteiger partial charge in [0, 0.05) is 14.6 Å². The molecule has 0 radical (unpaired) electrons. The summed E-state index contributed by atoms with van der Waals surface area (Å²) in [5, 5.41) is 2.97. The smallest absolute Gasteiger partial charge is 0.230 e. The molecule has 1 heterocycles. The van der Waals surface area contributed by atoms with Crippen molar-refractivity contribution < 1.29 is 4.79 Å². The molecule has 1 aromatic heterocycles. The van der Waals surface area contributed by atoms with Gasteiger partial charge in [0.05, 0.1) is 12.3 Å². The van der Waals surface area contributed by atoms with Crippen LogP contribution in [0, 0.1) is 6.92 Å². The summed E-state index contributed by atoms with van der Waals surface area (Å²) in [6.45, 7) is 4.84. The lowest BCUT2D eigenvalue weighted by Crippen LogP contribution is -2.24. The lowest BCUT2D eigenvalue weighted by Gasteiger charge is -2.04. The Kier molecular flexibility index (Phi) is 5.68. The van der Waals surface area contributed by atoms with Gasteiger partial charge in [0.15, 0.2) is 0 Å². The first-order chi connectivity index (χ1) is 9.67. The molecule has 0 saturated carbocycles. The molecule has 106 valence electrons. The van der Waals surface area contributed by atoms with Gasteiger partial charge < -0.3 is 5.32 Å². The minimum Gasteiger partial charge on any atom is -0.350 e. The molecule has 0 aliphatic rings. The summed E-state index contributed by atoms with van der Waals surface area (Å²) in [6, 6.07) is 12.5. The molecule has 2 aromatic rings. The van der Waals surface area contributed by atoms with Crippen molar-refractivity contribution in [1.29, 1.82) is 0 Å². The van der Waals surface area contributed by atoms with Crippen LogP contribution in [-0.2, 0) is 17.8 Å². The van der Waals surface area contributed by atoms with Gasteiger partial charge in [0.25, 0.3) is 0 Å². The number of aryl methyl sites for hydroxylation is 2. The Morgan fingerprint density at radius 1 is 1.15 bits per heavy atom. The first-order valence-electron chi connectivity index (χ1n) is 6.71. The molecule has 0 atom stereocenters. The Morgan fingerprint density at radius 2 is 1.85 bits per heavy atom. The van der Waals surface area contributed by atoms with Gasteiger partial charge in [-0.3, -0.25) is 4.79 Å². The zero-order chi connectivity index (χ0) is 14.4. The molecule has 0 unspecified atom stereocenters. The van der Waals surface area contributed by atoms with Gasteiger partial charge in [-0.05, 0) is 37.6 Å². The highest BCUT2D eigenvalue weighted by atomic mass is 32.2. The standard InChI is InChI=1S/C16H19NOS2/c1-3-13-8-9-15(20-13)10-17-16(18)11-19-14-6-4-12(2)5-7-14/h4-9H,3,10-11H2,1-2H3,(H,17,18). The van der Waals surface area contributed by atoms with E-state index in [0.717, 1.165) is 11.3 Å². The number of thiophene rings is 1. The van der Waals surface area contributed by atoms with Crippen LogP contribution in [0.3, 0.4) is 0 Å². The summed E-state index contributed by atoms with van der Waals surface area (Å²) in [5.74, 6) is 0.553. The van der Waals surface area contributed by atoms with Crippen molar-refractivity contribution in [2.45, 2.75) is 31.7 Å². The molecular formula is C16H19NOS2. The third kappa shape index (κ3) is 4.69. The highest BCUT2D eigenvalue weighted by Crippen LogP contribution is 2.19. The fourth-order valence-corrected chi connectivity index (χ4v) is 3.35. The van der Waals surface area contributed by atoms with Gasteiger partial charge in [0.1, 0.15) is 0 Å². The maximum atomic E-state index is 11.8. The molecule has 0 fully saturated rings. The van der Waals surface area contributed by atoms with Gasteiger partial charge in [-0.2, -0.15) is 0 Å². The minimum atomic E-state index is 0.0852. The zero-order valence-electron chi connectivity index (χ0n) is 11.8. The fraction of sp³-hybridized carbons (Fsp3) is 0.312. The van der Waals surface area contributed by atoms with E-state index in [9.17, 15) is 4.79 Å². The van der Waals surface area contributed by atoms with Crippen LogP contribution in [0.15, 0.2) is 41.3 Å². The fourth-order valence-electron chi connectivity index (χ4n) is 1.73. The Labute approximate surface area is 128 Å². The van der Waals surface area contributed by atoms with Crippen molar-refractivity contribution in [3.05, 3.63) is 51.7 Å². The first-order valence-corrected chi connectivity index (χ1v) is 8.51. The summed E-state index contributed by atoms with van der Waals surface area (Å²) < 4.78 is 0. The molecule has 0 aliphatic heterocycles. The molecule has 0 spiro atoms. The molecule has 0 bridgehead atoms. The second kappa shape index (κ2) is 7.50. The van der Waals surface area contributed by atoms with E-state index in [4.69, 9.17) is 0 Å². The highest BCUT2D eigenvalue weighted by molar-refractivity contribution is 8.00. The van der Waals surface area contributed by atoms with Gasteiger partial charge in [0.2, 0.25) is 5.91 Å². The predicted molar refractivity (Wildman–Crippen MR) is 87.4 cm³/mol. The van der Waals surface area contributed by atoms with E-state index >= 15 is 0 Å². The number of carbonyl (C=O) groups excluding carboxylic acids is 1. The monoisotopic (exact) mass is 305 g/mol. The Morgan fingerprint density at radius 3 is 2.50 bits per heavy atom. The number of hydrogen-bond donors (Lipinski definition) is 1. The second-order valence-electron chi connectivity index (χ2n) is 4.60. The maximum Gasteiger partial charge on any atom is 0.230 e. The Hall–Kier alpha value is -1.26. The second-order valence-corrected chi connectivity index (χ2v) is 6.90. The van der Waals surface area contributed by atoms with Crippen molar-refractivity contribution >= 4 is 29.0 Å². The van der Waals surface area contributed by atoms with Crippen molar-refractivity contribution in [1.82, 2.24) is 5.32 Å². The van der Waals surface area contributed by atoms with E-state index in [1.54, 1.807) is 23.1 Å². The summed E-state index contributed by atoms with van der Waals surface area (Å²) in [5.41, 5.74) is 1.24. The number of thioether (sulfide) groups is 1. The molecular weight excluding hydrogens is 286 g/mol. The number of nitrogens with one attached hydrogen (secondary N) is 1. The van der Waals surface area contributed by atoms with Crippen LogP contribution in [0.5, 0.6) is 0 Å². The van der Waals surface area contributed by atoms with E-state index in [0.29, 0.717) is 12.3 Å². The molecule has 2 rings (SSSR count). The third-order valence-corrected chi connectivity index (χ3v) is 5.16. The van der Waals surface area contributed by atoms with Crippen LogP contribution in [-0.4, -0.2) is 11.7 Å². The average molecular weight is 305 g/mol.